The lowest BCUT2D eigenvalue weighted by atomic mass is 10.0. The minimum atomic E-state index is -1.13. The first-order valence-electron chi connectivity index (χ1n) is 7.66. The lowest BCUT2D eigenvalue weighted by molar-refractivity contribution is -0.131. The summed E-state index contributed by atoms with van der Waals surface area (Å²) in [5.74, 6) is -1.40. The van der Waals surface area contributed by atoms with E-state index < -0.39 is 17.1 Å². The molecule has 4 nitrogen and oxygen atoms in total. The number of hydrogen-bond acceptors (Lipinski definition) is 2. The topological polar surface area (TPSA) is 58.2 Å². The van der Waals surface area contributed by atoms with Crippen LogP contribution in [0.25, 0.3) is 0 Å². The van der Waals surface area contributed by atoms with E-state index in [1.807, 2.05) is 6.92 Å². The summed E-state index contributed by atoms with van der Waals surface area (Å²) in [6.07, 6.45) is 0.887. The molecule has 25 heavy (non-hydrogen) atoms. The molecule has 1 aliphatic carbocycles. The minimum Gasteiger partial charge on any atom is -0.325 e. The van der Waals surface area contributed by atoms with Gasteiger partial charge in [-0.25, -0.2) is 4.39 Å². The maximum absolute atomic E-state index is 13.2. The highest BCUT2D eigenvalue weighted by molar-refractivity contribution is 6.31. The first kappa shape index (κ1) is 17.7. The number of aryl methyl sites for hydroxylation is 1. The van der Waals surface area contributed by atoms with Crippen molar-refractivity contribution in [1.29, 1.82) is 0 Å². The van der Waals surface area contributed by atoms with E-state index >= 15 is 0 Å². The van der Waals surface area contributed by atoms with Crippen molar-refractivity contribution in [2.24, 2.45) is 5.41 Å². The Morgan fingerprint density at radius 2 is 1.72 bits per heavy atom. The molecule has 1 fully saturated rings. The number of anilines is 2. The van der Waals surface area contributed by atoms with E-state index in [1.165, 1.54) is 12.1 Å². The molecule has 0 unspecified atom stereocenters. The van der Waals surface area contributed by atoms with Crippen molar-refractivity contribution in [3.05, 3.63) is 57.8 Å². The number of amides is 2. The summed E-state index contributed by atoms with van der Waals surface area (Å²) in [5.41, 5.74) is 0.630. The van der Waals surface area contributed by atoms with Crippen LogP contribution in [0.2, 0.25) is 10.0 Å². The Balaban J connectivity index is 1.74. The molecule has 0 aromatic heterocycles. The van der Waals surface area contributed by atoms with Crippen LogP contribution in [-0.2, 0) is 9.59 Å². The second-order valence-electron chi connectivity index (χ2n) is 6.08. The molecule has 0 saturated heterocycles. The van der Waals surface area contributed by atoms with Gasteiger partial charge in [0.1, 0.15) is 11.2 Å². The average Bonchev–Trinajstić information content (AvgIpc) is 3.36. The van der Waals surface area contributed by atoms with E-state index in [4.69, 9.17) is 23.2 Å². The Morgan fingerprint density at radius 3 is 2.36 bits per heavy atom. The van der Waals surface area contributed by atoms with Gasteiger partial charge in [0.05, 0.1) is 5.02 Å². The van der Waals surface area contributed by atoms with Crippen LogP contribution in [0.1, 0.15) is 18.4 Å². The summed E-state index contributed by atoms with van der Waals surface area (Å²) < 4.78 is 13.2. The number of carbonyl (C=O) groups excluding carboxylic acids is 2. The van der Waals surface area contributed by atoms with Crippen molar-refractivity contribution >= 4 is 46.4 Å². The number of halogens is 3. The van der Waals surface area contributed by atoms with Crippen LogP contribution < -0.4 is 10.6 Å². The fraction of sp³-hybridized carbons (Fsp3) is 0.222. The molecule has 2 aromatic rings. The number of hydrogen-bond donors (Lipinski definition) is 2. The van der Waals surface area contributed by atoms with Crippen molar-refractivity contribution in [1.82, 2.24) is 0 Å². The van der Waals surface area contributed by atoms with Crippen molar-refractivity contribution < 1.29 is 14.0 Å². The Bertz CT molecular complexity index is 866. The number of benzene rings is 2. The Labute approximate surface area is 154 Å². The number of rotatable bonds is 4. The summed E-state index contributed by atoms with van der Waals surface area (Å²) in [6, 6.07) is 9.02. The van der Waals surface area contributed by atoms with Gasteiger partial charge in [-0.05, 0) is 55.7 Å². The molecule has 1 aliphatic rings. The highest BCUT2D eigenvalue weighted by Crippen LogP contribution is 2.47. The van der Waals surface area contributed by atoms with Gasteiger partial charge in [-0.1, -0.05) is 29.3 Å². The van der Waals surface area contributed by atoms with Crippen LogP contribution in [0.15, 0.2) is 36.4 Å². The molecule has 0 spiro atoms. The van der Waals surface area contributed by atoms with Gasteiger partial charge in [-0.2, -0.15) is 0 Å². The maximum atomic E-state index is 13.2. The first-order valence-corrected chi connectivity index (χ1v) is 8.41. The van der Waals surface area contributed by atoms with E-state index in [1.54, 1.807) is 18.2 Å². The highest BCUT2D eigenvalue weighted by Gasteiger charge is 2.56. The first-order chi connectivity index (χ1) is 11.8. The molecule has 2 amide bonds. The summed E-state index contributed by atoms with van der Waals surface area (Å²) in [6.45, 7) is 1.84. The molecule has 7 heteroatoms. The van der Waals surface area contributed by atoms with Crippen molar-refractivity contribution in [2.75, 3.05) is 10.6 Å². The van der Waals surface area contributed by atoms with Gasteiger partial charge in [0, 0.05) is 16.4 Å². The summed E-state index contributed by atoms with van der Waals surface area (Å²) in [4.78, 5) is 25.2. The van der Waals surface area contributed by atoms with Crippen molar-refractivity contribution in [3.8, 4) is 0 Å². The predicted octanol–water partition coefficient (Wildman–Crippen LogP) is 4.80. The normalized spacial score (nSPS) is 14.7. The SMILES string of the molecule is Cc1ccc(Cl)cc1NC(=O)C1(C(=O)Nc2ccc(F)c(Cl)c2)CC1. The molecule has 0 atom stereocenters. The molecule has 1 saturated carbocycles. The molecule has 130 valence electrons. The quantitative estimate of drug-likeness (QED) is 0.748. The Morgan fingerprint density at radius 1 is 1.04 bits per heavy atom. The van der Waals surface area contributed by atoms with Crippen LogP contribution in [0.5, 0.6) is 0 Å². The van der Waals surface area contributed by atoms with E-state index in [0.717, 1.165) is 11.6 Å². The molecule has 0 bridgehead atoms. The molecule has 2 aromatic carbocycles. The van der Waals surface area contributed by atoms with Gasteiger partial charge in [-0.3, -0.25) is 9.59 Å². The van der Waals surface area contributed by atoms with E-state index in [9.17, 15) is 14.0 Å². The molecule has 3 rings (SSSR count). The summed E-state index contributed by atoms with van der Waals surface area (Å²) in [5, 5.41) is 5.80. The lowest BCUT2D eigenvalue weighted by Crippen LogP contribution is -2.35. The van der Waals surface area contributed by atoms with E-state index in [2.05, 4.69) is 10.6 Å². The van der Waals surface area contributed by atoms with Crippen molar-refractivity contribution in [2.45, 2.75) is 19.8 Å². The van der Waals surface area contributed by atoms with Crippen LogP contribution in [-0.4, -0.2) is 11.8 Å². The molecular formula is C18H15Cl2FN2O2. The maximum Gasteiger partial charge on any atom is 0.240 e. The smallest absolute Gasteiger partial charge is 0.240 e. The van der Waals surface area contributed by atoms with Crippen LogP contribution in [0.4, 0.5) is 15.8 Å². The Kier molecular flexibility index (Phi) is 4.71. The van der Waals surface area contributed by atoms with Gasteiger partial charge in [0.2, 0.25) is 11.8 Å². The van der Waals surface area contributed by atoms with Gasteiger partial charge in [0.25, 0.3) is 0 Å². The zero-order valence-corrected chi connectivity index (χ0v) is 14.8. The van der Waals surface area contributed by atoms with E-state index in [0.29, 0.717) is 29.2 Å². The molecule has 2 N–H and O–H groups in total. The van der Waals surface area contributed by atoms with Gasteiger partial charge < -0.3 is 10.6 Å². The van der Waals surface area contributed by atoms with Gasteiger partial charge in [-0.15, -0.1) is 0 Å². The fourth-order valence-electron chi connectivity index (χ4n) is 2.48. The standard InChI is InChI=1S/C18H15Cl2FN2O2/c1-10-2-3-11(19)8-15(10)23-17(25)18(6-7-18)16(24)22-12-4-5-14(21)13(20)9-12/h2-5,8-9H,6-7H2,1H3,(H,22,24)(H,23,25). The second kappa shape index (κ2) is 6.65. The molecule has 0 radical (unpaired) electrons. The molecular weight excluding hydrogens is 366 g/mol. The number of carbonyl (C=O) groups is 2. The third-order valence-electron chi connectivity index (χ3n) is 4.24. The van der Waals surface area contributed by atoms with Crippen molar-refractivity contribution in [3.63, 3.8) is 0 Å². The highest BCUT2D eigenvalue weighted by atomic mass is 35.5. The third kappa shape index (κ3) is 3.62. The largest absolute Gasteiger partial charge is 0.325 e. The molecule has 0 heterocycles. The fourth-order valence-corrected chi connectivity index (χ4v) is 2.83. The lowest BCUT2D eigenvalue weighted by Gasteiger charge is -2.17. The number of nitrogens with one attached hydrogen (secondary N) is 2. The zero-order chi connectivity index (χ0) is 18.2. The minimum absolute atomic E-state index is 0.0957. The van der Waals surface area contributed by atoms with Crippen LogP contribution in [0, 0.1) is 18.2 Å². The van der Waals surface area contributed by atoms with Gasteiger partial charge in [0.15, 0.2) is 0 Å². The molecule has 0 aliphatic heterocycles. The second-order valence-corrected chi connectivity index (χ2v) is 6.92. The third-order valence-corrected chi connectivity index (χ3v) is 4.77. The van der Waals surface area contributed by atoms with Crippen LogP contribution in [0.3, 0.4) is 0 Å². The Hall–Kier alpha value is -2.11. The zero-order valence-electron chi connectivity index (χ0n) is 13.3. The summed E-state index contributed by atoms with van der Waals surface area (Å²) in [7, 11) is 0. The summed E-state index contributed by atoms with van der Waals surface area (Å²) >= 11 is 11.7. The van der Waals surface area contributed by atoms with Crippen LogP contribution >= 0.6 is 23.2 Å². The van der Waals surface area contributed by atoms with E-state index in [-0.39, 0.29) is 10.9 Å². The van der Waals surface area contributed by atoms with Gasteiger partial charge >= 0.3 is 0 Å². The predicted molar refractivity (Wildman–Crippen MR) is 96.5 cm³/mol. The average molecular weight is 381 g/mol. The monoisotopic (exact) mass is 380 g/mol.